The van der Waals surface area contributed by atoms with E-state index in [2.05, 4.69) is 5.32 Å². The van der Waals surface area contributed by atoms with Gasteiger partial charge < -0.3 is 15.2 Å². The Balaban J connectivity index is 2.73. The topological polar surface area (TPSA) is 75.6 Å². The zero-order valence-corrected chi connectivity index (χ0v) is 11.8. The van der Waals surface area contributed by atoms with Crippen molar-refractivity contribution in [1.82, 2.24) is 5.32 Å². The molecule has 0 heterocycles. The summed E-state index contributed by atoms with van der Waals surface area (Å²) >= 11 is 0. The van der Waals surface area contributed by atoms with Crippen LogP contribution in [0.1, 0.15) is 38.2 Å². The lowest BCUT2D eigenvalue weighted by molar-refractivity contribution is -0.139. The molecule has 0 fully saturated rings. The van der Waals surface area contributed by atoms with Gasteiger partial charge in [-0.05, 0) is 31.2 Å². The summed E-state index contributed by atoms with van der Waals surface area (Å²) in [5, 5.41) is 11.6. The Kier molecular flexibility index (Phi) is 6.56. The number of carbonyl (C=O) groups is 2. The van der Waals surface area contributed by atoms with E-state index in [0.717, 1.165) is 12.0 Å². The molecule has 110 valence electrons. The van der Waals surface area contributed by atoms with Gasteiger partial charge in [-0.25, -0.2) is 9.59 Å². The Bertz CT molecular complexity index is 433. The van der Waals surface area contributed by atoms with Gasteiger partial charge in [0.1, 0.15) is 6.04 Å². The molecule has 0 saturated heterocycles. The number of amides is 1. The number of carbonyl (C=O) groups excluding carboxylic acids is 1. The van der Waals surface area contributed by atoms with Gasteiger partial charge in [-0.1, -0.05) is 37.3 Å². The quantitative estimate of drug-likeness (QED) is 0.804. The summed E-state index contributed by atoms with van der Waals surface area (Å²) in [7, 11) is 0. The van der Waals surface area contributed by atoms with Crippen LogP contribution in [0.5, 0.6) is 0 Å². The number of aliphatic carboxylic acids is 1. The van der Waals surface area contributed by atoms with Gasteiger partial charge in [-0.15, -0.1) is 0 Å². The molecule has 0 radical (unpaired) electrons. The monoisotopic (exact) mass is 279 g/mol. The third-order valence-electron chi connectivity index (χ3n) is 3.15. The second-order valence-electron chi connectivity index (χ2n) is 4.51. The molecule has 0 aliphatic carbocycles. The minimum Gasteiger partial charge on any atom is -0.480 e. The number of carboxylic acids is 1. The van der Waals surface area contributed by atoms with E-state index in [4.69, 9.17) is 4.74 Å². The number of nitrogens with one attached hydrogen (secondary N) is 1. The van der Waals surface area contributed by atoms with Crippen LogP contribution < -0.4 is 5.32 Å². The van der Waals surface area contributed by atoms with Gasteiger partial charge in [0.15, 0.2) is 0 Å². The van der Waals surface area contributed by atoms with E-state index in [1.54, 1.807) is 6.92 Å². The maximum absolute atomic E-state index is 11.4. The number of alkyl carbamates (subject to hydrolysis) is 1. The van der Waals surface area contributed by atoms with Crippen molar-refractivity contribution in [3.63, 3.8) is 0 Å². The predicted octanol–water partition coefficient (Wildman–Crippen LogP) is 2.77. The average Bonchev–Trinajstić information content (AvgIpc) is 2.44. The number of ether oxygens (including phenoxy) is 1. The lowest BCUT2D eigenvalue weighted by Gasteiger charge is -2.21. The smallest absolute Gasteiger partial charge is 0.407 e. The van der Waals surface area contributed by atoms with Crippen LogP contribution >= 0.6 is 0 Å². The molecule has 0 aliphatic heterocycles. The molecule has 1 aromatic rings. The summed E-state index contributed by atoms with van der Waals surface area (Å²) in [5.41, 5.74) is 1.08. The molecule has 1 aromatic carbocycles. The van der Waals surface area contributed by atoms with Gasteiger partial charge in [0, 0.05) is 0 Å². The molecule has 1 amide bonds. The molecule has 1 unspecified atom stereocenters. The van der Waals surface area contributed by atoms with E-state index in [-0.39, 0.29) is 12.5 Å². The van der Waals surface area contributed by atoms with Gasteiger partial charge in [0.2, 0.25) is 0 Å². The molecule has 5 nitrogen and oxygen atoms in total. The summed E-state index contributed by atoms with van der Waals surface area (Å²) in [4.78, 5) is 22.6. The van der Waals surface area contributed by atoms with Crippen LogP contribution in [-0.2, 0) is 9.53 Å². The van der Waals surface area contributed by atoms with Crippen molar-refractivity contribution in [3.8, 4) is 0 Å². The van der Waals surface area contributed by atoms with Gasteiger partial charge in [-0.3, -0.25) is 0 Å². The fourth-order valence-corrected chi connectivity index (χ4v) is 2.08. The van der Waals surface area contributed by atoms with E-state index in [1.807, 2.05) is 37.3 Å². The van der Waals surface area contributed by atoms with E-state index in [0.29, 0.717) is 6.42 Å². The zero-order chi connectivity index (χ0) is 15.0. The highest BCUT2D eigenvalue weighted by atomic mass is 16.5. The van der Waals surface area contributed by atoms with Crippen molar-refractivity contribution in [1.29, 1.82) is 0 Å². The van der Waals surface area contributed by atoms with Crippen LogP contribution in [0.25, 0.3) is 0 Å². The van der Waals surface area contributed by atoms with Crippen molar-refractivity contribution in [3.05, 3.63) is 35.9 Å². The minimum atomic E-state index is -1.05. The molecule has 20 heavy (non-hydrogen) atoms. The number of benzene rings is 1. The highest BCUT2D eigenvalue weighted by Crippen LogP contribution is 2.24. The molecular weight excluding hydrogens is 258 g/mol. The first-order valence-electron chi connectivity index (χ1n) is 6.79. The largest absolute Gasteiger partial charge is 0.480 e. The summed E-state index contributed by atoms with van der Waals surface area (Å²) < 4.78 is 4.73. The molecule has 1 rings (SSSR count). The number of hydrogen-bond acceptors (Lipinski definition) is 3. The Morgan fingerprint density at radius 1 is 1.25 bits per heavy atom. The van der Waals surface area contributed by atoms with E-state index in [1.165, 1.54) is 0 Å². The third kappa shape index (κ3) is 4.91. The van der Waals surface area contributed by atoms with Crippen molar-refractivity contribution < 1.29 is 19.4 Å². The molecule has 0 spiro atoms. The predicted molar refractivity (Wildman–Crippen MR) is 75.7 cm³/mol. The summed E-state index contributed by atoms with van der Waals surface area (Å²) in [6, 6.07) is 8.76. The Morgan fingerprint density at radius 3 is 2.40 bits per heavy atom. The fraction of sp³-hybridized carbons (Fsp3) is 0.467. The van der Waals surface area contributed by atoms with Gasteiger partial charge in [-0.2, -0.15) is 0 Å². The van der Waals surface area contributed by atoms with Crippen LogP contribution in [0, 0.1) is 0 Å². The van der Waals surface area contributed by atoms with Gasteiger partial charge >= 0.3 is 12.1 Å². The summed E-state index contributed by atoms with van der Waals surface area (Å²) in [6.45, 7) is 3.89. The van der Waals surface area contributed by atoms with Gasteiger partial charge in [0.25, 0.3) is 0 Å². The highest BCUT2D eigenvalue weighted by molar-refractivity contribution is 5.79. The minimum absolute atomic E-state index is 0.0826. The molecule has 0 bridgehead atoms. The Morgan fingerprint density at radius 2 is 1.90 bits per heavy atom. The van der Waals surface area contributed by atoms with Crippen molar-refractivity contribution in [2.24, 2.45) is 0 Å². The molecule has 2 N–H and O–H groups in total. The molecule has 5 heteroatoms. The first kappa shape index (κ1) is 16.0. The Labute approximate surface area is 118 Å². The highest BCUT2D eigenvalue weighted by Gasteiger charge is 2.24. The molecule has 0 aliphatic rings. The number of rotatable bonds is 7. The lowest BCUT2D eigenvalue weighted by Crippen LogP contribution is -2.42. The second kappa shape index (κ2) is 8.19. The van der Waals surface area contributed by atoms with Crippen LogP contribution in [0.15, 0.2) is 30.3 Å². The molecule has 2 atom stereocenters. The molecule has 0 saturated carbocycles. The second-order valence-corrected chi connectivity index (χ2v) is 4.51. The van der Waals surface area contributed by atoms with Crippen LogP contribution in [0.3, 0.4) is 0 Å². The summed E-state index contributed by atoms with van der Waals surface area (Å²) in [5.74, 6) is -0.966. The first-order chi connectivity index (χ1) is 9.58. The lowest BCUT2D eigenvalue weighted by atomic mass is 9.90. The third-order valence-corrected chi connectivity index (χ3v) is 3.15. The van der Waals surface area contributed by atoms with Crippen LogP contribution in [0.4, 0.5) is 4.79 Å². The maximum Gasteiger partial charge on any atom is 0.407 e. The number of hydrogen-bond donors (Lipinski definition) is 2. The maximum atomic E-state index is 11.4. The van der Waals surface area contributed by atoms with E-state index < -0.39 is 18.1 Å². The van der Waals surface area contributed by atoms with E-state index in [9.17, 15) is 14.7 Å². The zero-order valence-electron chi connectivity index (χ0n) is 11.8. The molecular formula is C15H21NO4. The molecule has 0 aromatic heterocycles. The average molecular weight is 279 g/mol. The Hall–Kier alpha value is -2.04. The van der Waals surface area contributed by atoms with E-state index >= 15 is 0 Å². The van der Waals surface area contributed by atoms with Crippen molar-refractivity contribution in [2.75, 3.05) is 6.61 Å². The summed E-state index contributed by atoms with van der Waals surface area (Å²) in [6.07, 6.45) is 0.454. The van der Waals surface area contributed by atoms with Crippen LogP contribution in [-0.4, -0.2) is 29.8 Å². The normalized spacial score (nSPS) is 13.3. The van der Waals surface area contributed by atoms with Crippen molar-refractivity contribution in [2.45, 2.75) is 38.6 Å². The van der Waals surface area contributed by atoms with Crippen molar-refractivity contribution >= 4 is 12.1 Å². The standard InChI is InChI=1S/C15H21NO4/c1-3-11(12-8-6-5-7-9-12)10-13(14(17)18)16-15(19)20-4-2/h5-9,11,13H,3-4,10H2,1-2H3,(H,16,19)(H,17,18)/t11?,13-/m0/s1. The fourth-order valence-electron chi connectivity index (χ4n) is 2.08. The van der Waals surface area contributed by atoms with Gasteiger partial charge in [0.05, 0.1) is 6.61 Å². The first-order valence-corrected chi connectivity index (χ1v) is 6.79. The van der Waals surface area contributed by atoms with Crippen LogP contribution in [0.2, 0.25) is 0 Å². The number of carboxylic acid groups (broad SMARTS) is 1. The SMILES string of the molecule is CCOC(=O)N[C@@H](CC(CC)c1ccccc1)C(=O)O.